The fourth-order valence-corrected chi connectivity index (χ4v) is 5.52. The van der Waals surface area contributed by atoms with Crippen LogP contribution in [0.25, 0.3) is 0 Å². The molecule has 188 valence electrons. The number of hydrogen-bond donors (Lipinski definition) is 1. The SMILES string of the molecule is COC(C(=O)N1CCC2(CC1)CC(=O)NCC2c1ccc(F)cc1)(c1ccc(C)cc1)C(F)(F)F. The molecule has 1 spiro atoms. The molecule has 2 amide bonds. The first-order valence-electron chi connectivity index (χ1n) is 11.5. The van der Waals surface area contributed by atoms with E-state index in [9.17, 15) is 27.2 Å². The lowest BCUT2D eigenvalue weighted by atomic mass is 9.62. The zero-order chi connectivity index (χ0) is 25.4. The third-order valence-corrected chi connectivity index (χ3v) is 7.54. The van der Waals surface area contributed by atoms with Crippen molar-refractivity contribution < 1.29 is 31.9 Å². The van der Waals surface area contributed by atoms with Crippen LogP contribution in [0.3, 0.4) is 0 Å². The Morgan fingerprint density at radius 3 is 2.20 bits per heavy atom. The van der Waals surface area contributed by atoms with Gasteiger partial charge in [0.2, 0.25) is 5.91 Å². The Morgan fingerprint density at radius 1 is 1.06 bits per heavy atom. The zero-order valence-electron chi connectivity index (χ0n) is 19.6. The normalized spacial score (nSPS) is 21.9. The number of piperidine rings is 2. The van der Waals surface area contributed by atoms with Crippen LogP contribution in [-0.2, 0) is 19.9 Å². The summed E-state index contributed by atoms with van der Waals surface area (Å²) < 4.78 is 61.7. The van der Waals surface area contributed by atoms with Crippen molar-refractivity contribution >= 4 is 11.8 Å². The van der Waals surface area contributed by atoms with Gasteiger partial charge in [0, 0.05) is 44.6 Å². The van der Waals surface area contributed by atoms with E-state index in [1.165, 1.54) is 41.3 Å². The Labute approximate surface area is 201 Å². The molecule has 0 aromatic heterocycles. The predicted octanol–water partition coefficient (Wildman–Crippen LogP) is 4.45. The summed E-state index contributed by atoms with van der Waals surface area (Å²) in [6, 6.07) is 11.6. The Hall–Kier alpha value is -2.94. The molecule has 1 N–H and O–H groups in total. The summed E-state index contributed by atoms with van der Waals surface area (Å²) in [5, 5.41) is 2.85. The Bertz CT molecular complexity index is 1080. The van der Waals surface area contributed by atoms with Gasteiger partial charge in [0.15, 0.2) is 0 Å². The fraction of sp³-hybridized carbons (Fsp3) is 0.462. The number of nitrogens with one attached hydrogen (secondary N) is 1. The largest absolute Gasteiger partial charge is 0.430 e. The summed E-state index contributed by atoms with van der Waals surface area (Å²) in [5.74, 6) is -1.80. The van der Waals surface area contributed by atoms with Crippen LogP contribution in [0.1, 0.15) is 41.9 Å². The van der Waals surface area contributed by atoms with Gasteiger partial charge in [-0.25, -0.2) is 4.39 Å². The number of rotatable bonds is 4. The van der Waals surface area contributed by atoms with E-state index in [0.29, 0.717) is 19.4 Å². The van der Waals surface area contributed by atoms with E-state index in [0.717, 1.165) is 18.2 Å². The van der Waals surface area contributed by atoms with E-state index < -0.39 is 23.1 Å². The molecular weight excluding hydrogens is 464 g/mol. The molecule has 2 fully saturated rings. The number of halogens is 4. The zero-order valence-corrected chi connectivity index (χ0v) is 19.6. The highest BCUT2D eigenvalue weighted by molar-refractivity contribution is 5.88. The van der Waals surface area contributed by atoms with Gasteiger partial charge in [-0.3, -0.25) is 9.59 Å². The van der Waals surface area contributed by atoms with E-state index in [-0.39, 0.29) is 42.7 Å². The van der Waals surface area contributed by atoms with Crippen LogP contribution < -0.4 is 5.32 Å². The number of ether oxygens (including phenoxy) is 1. The molecule has 2 atom stereocenters. The number of carbonyl (C=O) groups excluding carboxylic acids is 2. The molecule has 2 unspecified atom stereocenters. The number of hydrogen-bond acceptors (Lipinski definition) is 3. The molecule has 0 bridgehead atoms. The van der Waals surface area contributed by atoms with E-state index in [4.69, 9.17) is 4.74 Å². The van der Waals surface area contributed by atoms with Crippen LogP contribution in [0.15, 0.2) is 48.5 Å². The predicted molar refractivity (Wildman–Crippen MR) is 121 cm³/mol. The van der Waals surface area contributed by atoms with Crippen molar-refractivity contribution in [2.75, 3.05) is 26.7 Å². The highest BCUT2D eigenvalue weighted by Gasteiger charge is 2.64. The van der Waals surface area contributed by atoms with Crippen molar-refractivity contribution in [3.8, 4) is 0 Å². The summed E-state index contributed by atoms with van der Waals surface area (Å²) in [4.78, 5) is 27.0. The van der Waals surface area contributed by atoms with Crippen molar-refractivity contribution in [3.05, 3.63) is 71.0 Å². The molecule has 2 aliphatic rings. The molecule has 0 aliphatic carbocycles. The second-order valence-electron chi connectivity index (χ2n) is 9.49. The van der Waals surface area contributed by atoms with Crippen molar-refractivity contribution in [2.24, 2.45) is 5.41 Å². The summed E-state index contributed by atoms with van der Waals surface area (Å²) in [6.45, 7) is 2.20. The molecule has 2 aromatic rings. The molecule has 2 aromatic carbocycles. The maximum Gasteiger partial charge on any atom is 0.430 e. The Morgan fingerprint density at radius 2 is 1.66 bits per heavy atom. The van der Waals surface area contributed by atoms with Crippen molar-refractivity contribution in [3.63, 3.8) is 0 Å². The number of amides is 2. The van der Waals surface area contributed by atoms with Gasteiger partial charge >= 0.3 is 6.18 Å². The number of aryl methyl sites for hydroxylation is 1. The van der Waals surface area contributed by atoms with Crippen LogP contribution in [0, 0.1) is 18.2 Å². The van der Waals surface area contributed by atoms with Gasteiger partial charge in [-0.15, -0.1) is 0 Å². The van der Waals surface area contributed by atoms with E-state index in [2.05, 4.69) is 5.32 Å². The third-order valence-electron chi connectivity index (χ3n) is 7.54. The van der Waals surface area contributed by atoms with E-state index in [1.807, 2.05) is 0 Å². The maximum atomic E-state index is 14.4. The number of alkyl halides is 3. The quantitative estimate of drug-likeness (QED) is 0.642. The molecular formula is C26H28F4N2O3. The number of nitrogens with zero attached hydrogens (tertiary/aromatic N) is 1. The third kappa shape index (κ3) is 4.42. The van der Waals surface area contributed by atoms with Crippen molar-refractivity contribution in [2.45, 2.75) is 43.9 Å². The Kier molecular flexibility index (Phi) is 6.66. The lowest BCUT2D eigenvalue weighted by Crippen LogP contribution is -2.60. The highest BCUT2D eigenvalue weighted by Crippen LogP contribution is 2.50. The molecule has 35 heavy (non-hydrogen) atoms. The minimum Gasteiger partial charge on any atom is -0.356 e. The summed E-state index contributed by atoms with van der Waals surface area (Å²) in [6.07, 6.45) is -4.09. The van der Waals surface area contributed by atoms with Crippen LogP contribution >= 0.6 is 0 Å². The van der Waals surface area contributed by atoms with E-state index in [1.54, 1.807) is 19.1 Å². The molecule has 0 saturated carbocycles. The van der Waals surface area contributed by atoms with Gasteiger partial charge in [-0.05, 0) is 42.9 Å². The van der Waals surface area contributed by atoms with Gasteiger partial charge in [-0.2, -0.15) is 13.2 Å². The minimum atomic E-state index is -4.98. The topological polar surface area (TPSA) is 58.6 Å². The van der Waals surface area contributed by atoms with E-state index >= 15 is 0 Å². The second-order valence-corrected chi connectivity index (χ2v) is 9.49. The standard InChI is InChI=1S/C26H28F4N2O3/c1-17-3-7-19(8-4-17)25(35-2,26(28,29)30)23(34)32-13-11-24(12-14-32)15-22(33)31-16-21(24)18-5-9-20(27)10-6-18/h3-10,21H,11-16H2,1-2H3,(H,31,33). The average Bonchev–Trinajstić information content (AvgIpc) is 2.81. The fourth-order valence-electron chi connectivity index (χ4n) is 5.52. The molecule has 9 heteroatoms. The van der Waals surface area contributed by atoms with Crippen LogP contribution in [0.2, 0.25) is 0 Å². The van der Waals surface area contributed by atoms with Crippen LogP contribution in [0.4, 0.5) is 17.6 Å². The first kappa shape index (κ1) is 25.2. The van der Waals surface area contributed by atoms with Gasteiger partial charge in [-0.1, -0.05) is 42.0 Å². The molecule has 0 radical (unpaired) electrons. The molecule has 2 saturated heterocycles. The number of methoxy groups -OCH3 is 1. The van der Waals surface area contributed by atoms with Gasteiger partial charge in [0.25, 0.3) is 11.5 Å². The first-order chi connectivity index (χ1) is 16.5. The highest BCUT2D eigenvalue weighted by atomic mass is 19.4. The Balaban J connectivity index is 1.62. The molecule has 5 nitrogen and oxygen atoms in total. The van der Waals surface area contributed by atoms with Gasteiger partial charge < -0.3 is 15.0 Å². The summed E-state index contributed by atoms with van der Waals surface area (Å²) in [7, 11) is 0.896. The van der Waals surface area contributed by atoms with Gasteiger partial charge in [0.1, 0.15) is 5.82 Å². The van der Waals surface area contributed by atoms with Crippen molar-refractivity contribution in [1.29, 1.82) is 0 Å². The smallest absolute Gasteiger partial charge is 0.356 e. The number of carbonyl (C=O) groups is 2. The first-order valence-corrected chi connectivity index (χ1v) is 11.5. The monoisotopic (exact) mass is 492 g/mol. The number of likely N-dealkylation sites (tertiary alicyclic amines) is 1. The van der Waals surface area contributed by atoms with Gasteiger partial charge in [0.05, 0.1) is 0 Å². The van der Waals surface area contributed by atoms with Crippen LogP contribution in [0.5, 0.6) is 0 Å². The van der Waals surface area contributed by atoms with Crippen LogP contribution in [-0.4, -0.2) is 49.6 Å². The lowest BCUT2D eigenvalue weighted by molar-refractivity contribution is -0.271. The average molecular weight is 493 g/mol. The second kappa shape index (κ2) is 9.26. The number of benzene rings is 2. The summed E-state index contributed by atoms with van der Waals surface area (Å²) >= 11 is 0. The minimum absolute atomic E-state index is 0.0524. The summed E-state index contributed by atoms with van der Waals surface area (Å²) in [5.41, 5.74) is -2.31. The van der Waals surface area contributed by atoms with Crippen molar-refractivity contribution in [1.82, 2.24) is 10.2 Å². The molecule has 2 heterocycles. The molecule has 4 rings (SSSR count). The lowest BCUT2D eigenvalue weighted by Gasteiger charge is -2.50. The molecule has 2 aliphatic heterocycles. The maximum absolute atomic E-state index is 14.4.